The van der Waals surface area contributed by atoms with E-state index in [1.165, 1.54) is 0 Å². The fourth-order valence-electron chi connectivity index (χ4n) is 3.58. The van der Waals surface area contributed by atoms with Gasteiger partial charge in [0.2, 0.25) is 11.8 Å². The van der Waals surface area contributed by atoms with Crippen LogP contribution in [0.15, 0.2) is 29.2 Å². The normalized spacial score (nSPS) is 21.4. The molecule has 8 heteroatoms. The van der Waals surface area contributed by atoms with Gasteiger partial charge in [0, 0.05) is 37.1 Å². The number of hydrogen-bond acceptors (Lipinski definition) is 5. The average Bonchev–Trinajstić information content (AvgIpc) is 2.68. The van der Waals surface area contributed by atoms with Crippen molar-refractivity contribution in [3.63, 3.8) is 0 Å². The summed E-state index contributed by atoms with van der Waals surface area (Å²) in [5.74, 6) is 1.11. The quantitative estimate of drug-likeness (QED) is 0.748. The molecule has 2 heterocycles. The molecule has 2 aliphatic rings. The highest BCUT2D eigenvalue weighted by Crippen LogP contribution is 2.27. The highest BCUT2D eigenvalue weighted by molar-refractivity contribution is 8.00. The van der Waals surface area contributed by atoms with Crippen molar-refractivity contribution in [1.82, 2.24) is 15.1 Å². The number of ether oxygens (including phenoxy) is 1. The molecule has 0 aromatic heterocycles. The number of piperidine rings is 1. The van der Waals surface area contributed by atoms with E-state index in [4.69, 9.17) is 4.74 Å². The van der Waals surface area contributed by atoms with Gasteiger partial charge in [-0.05, 0) is 44.0 Å². The monoisotopic (exact) mass is 413 g/mol. The van der Waals surface area contributed by atoms with E-state index in [2.05, 4.69) is 5.32 Å². The standard InChI is InChI=1S/C19H27N3O3S.ClH/c1-14(26-17-7-5-16(25-2)6-8-17)19(24)21-10-3-4-15(13-21)22-11-9-20-12-18(22)23;/h5-8,14-15,20H,3-4,9-13H2,1-2H3;1H. The van der Waals surface area contributed by atoms with Gasteiger partial charge < -0.3 is 19.9 Å². The fraction of sp³-hybridized carbons (Fsp3) is 0.579. The number of nitrogens with zero attached hydrogens (tertiary/aromatic N) is 2. The van der Waals surface area contributed by atoms with Crippen molar-refractivity contribution < 1.29 is 14.3 Å². The van der Waals surface area contributed by atoms with Crippen molar-refractivity contribution in [3.05, 3.63) is 24.3 Å². The lowest BCUT2D eigenvalue weighted by Gasteiger charge is -2.41. The molecule has 3 rings (SSSR count). The first-order chi connectivity index (χ1) is 12.6. The van der Waals surface area contributed by atoms with Crippen LogP contribution in [0.3, 0.4) is 0 Å². The highest BCUT2D eigenvalue weighted by Gasteiger charge is 2.33. The molecular weight excluding hydrogens is 386 g/mol. The van der Waals surface area contributed by atoms with Crippen LogP contribution in [0.5, 0.6) is 5.75 Å². The zero-order valence-electron chi connectivity index (χ0n) is 15.8. The second kappa shape index (κ2) is 10.2. The summed E-state index contributed by atoms with van der Waals surface area (Å²) in [5, 5.41) is 2.96. The maximum Gasteiger partial charge on any atom is 0.236 e. The highest BCUT2D eigenvalue weighted by atomic mass is 35.5. The third-order valence-electron chi connectivity index (χ3n) is 5.00. The van der Waals surface area contributed by atoms with Crippen molar-refractivity contribution in [2.24, 2.45) is 0 Å². The smallest absolute Gasteiger partial charge is 0.236 e. The average molecular weight is 414 g/mol. The molecule has 6 nitrogen and oxygen atoms in total. The molecule has 0 aliphatic carbocycles. The number of nitrogens with one attached hydrogen (secondary N) is 1. The molecule has 0 spiro atoms. The largest absolute Gasteiger partial charge is 0.497 e. The third-order valence-corrected chi connectivity index (χ3v) is 6.09. The molecule has 1 aromatic carbocycles. The number of carbonyl (C=O) groups is 2. The van der Waals surface area contributed by atoms with E-state index in [0.29, 0.717) is 13.1 Å². The first-order valence-corrected chi connectivity index (χ1v) is 10.1. The van der Waals surface area contributed by atoms with Crippen molar-refractivity contribution in [3.8, 4) is 5.75 Å². The molecule has 150 valence electrons. The maximum absolute atomic E-state index is 12.9. The van der Waals surface area contributed by atoms with Gasteiger partial charge >= 0.3 is 0 Å². The molecular formula is C19H28ClN3O3S. The van der Waals surface area contributed by atoms with Crippen molar-refractivity contribution in [2.45, 2.75) is 36.0 Å². The van der Waals surface area contributed by atoms with Crippen LogP contribution in [-0.2, 0) is 9.59 Å². The molecule has 2 saturated heterocycles. The lowest BCUT2D eigenvalue weighted by molar-refractivity contribution is -0.140. The summed E-state index contributed by atoms with van der Waals surface area (Å²) in [4.78, 5) is 30.0. The van der Waals surface area contributed by atoms with Gasteiger partial charge in [-0.1, -0.05) is 0 Å². The predicted molar refractivity (Wildman–Crippen MR) is 110 cm³/mol. The van der Waals surface area contributed by atoms with Crippen LogP contribution < -0.4 is 10.1 Å². The summed E-state index contributed by atoms with van der Waals surface area (Å²) in [7, 11) is 1.64. The number of likely N-dealkylation sites (tertiary alicyclic amines) is 1. The molecule has 1 N–H and O–H groups in total. The van der Waals surface area contributed by atoms with E-state index in [-0.39, 0.29) is 35.5 Å². The summed E-state index contributed by atoms with van der Waals surface area (Å²) in [6.07, 6.45) is 1.93. The minimum Gasteiger partial charge on any atom is -0.497 e. The Bertz CT molecular complexity index is 644. The third kappa shape index (κ3) is 5.53. The Kier molecular flexibility index (Phi) is 8.26. The van der Waals surface area contributed by atoms with E-state index in [0.717, 1.165) is 43.1 Å². The van der Waals surface area contributed by atoms with E-state index in [9.17, 15) is 9.59 Å². The number of amides is 2. The Hall–Kier alpha value is -1.44. The van der Waals surface area contributed by atoms with E-state index in [1.54, 1.807) is 18.9 Å². The molecule has 2 atom stereocenters. The maximum atomic E-state index is 12.9. The Morgan fingerprint density at radius 1 is 1.30 bits per heavy atom. The van der Waals surface area contributed by atoms with Crippen molar-refractivity contribution in [1.29, 1.82) is 0 Å². The van der Waals surface area contributed by atoms with Gasteiger partial charge in [-0.2, -0.15) is 0 Å². The lowest BCUT2D eigenvalue weighted by atomic mass is 10.0. The molecule has 27 heavy (non-hydrogen) atoms. The number of benzene rings is 1. The summed E-state index contributed by atoms with van der Waals surface area (Å²) >= 11 is 1.56. The molecule has 2 fully saturated rings. The number of methoxy groups -OCH3 is 1. The van der Waals surface area contributed by atoms with Crippen LogP contribution in [0.1, 0.15) is 19.8 Å². The van der Waals surface area contributed by atoms with Crippen LogP contribution in [0.25, 0.3) is 0 Å². The summed E-state index contributed by atoms with van der Waals surface area (Å²) in [6, 6.07) is 7.93. The summed E-state index contributed by atoms with van der Waals surface area (Å²) < 4.78 is 5.17. The van der Waals surface area contributed by atoms with Gasteiger partial charge in [0.15, 0.2) is 0 Å². The minimum atomic E-state index is -0.152. The summed E-state index contributed by atoms with van der Waals surface area (Å²) in [5.41, 5.74) is 0. The molecule has 0 radical (unpaired) electrons. The van der Waals surface area contributed by atoms with Gasteiger partial charge in [-0.3, -0.25) is 9.59 Å². The first-order valence-electron chi connectivity index (χ1n) is 9.18. The van der Waals surface area contributed by atoms with Gasteiger partial charge in [0.05, 0.1) is 18.9 Å². The molecule has 2 unspecified atom stereocenters. The van der Waals surface area contributed by atoms with E-state index >= 15 is 0 Å². The van der Waals surface area contributed by atoms with Crippen LogP contribution >= 0.6 is 24.2 Å². The zero-order chi connectivity index (χ0) is 18.5. The second-order valence-electron chi connectivity index (χ2n) is 6.78. The lowest BCUT2D eigenvalue weighted by Crippen LogP contribution is -2.58. The SMILES string of the molecule is COc1ccc(SC(C)C(=O)N2CCCC(N3CCNCC3=O)C2)cc1.Cl. The van der Waals surface area contributed by atoms with Gasteiger partial charge in [0.1, 0.15) is 5.75 Å². The van der Waals surface area contributed by atoms with Gasteiger partial charge in [0.25, 0.3) is 0 Å². The van der Waals surface area contributed by atoms with Gasteiger partial charge in [-0.25, -0.2) is 0 Å². The molecule has 2 amide bonds. The Balaban J connectivity index is 0.00000261. The van der Waals surface area contributed by atoms with Crippen molar-refractivity contribution in [2.75, 3.05) is 39.8 Å². The number of carbonyl (C=O) groups excluding carboxylic acids is 2. The molecule has 2 aliphatic heterocycles. The van der Waals surface area contributed by atoms with Crippen molar-refractivity contribution >= 4 is 36.0 Å². The number of halogens is 1. The van der Waals surface area contributed by atoms with Crippen LogP contribution in [0.2, 0.25) is 0 Å². The van der Waals surface area contributed by atoms with Gasteiger partial charge in [-0.15, -0.1) is 24.2 Å². The number of thioether (sulfide) groups is 1. The summed E-state index contributed by atoms with van der Waals surface area (Å²) in [6.45, 7) is 5.37. The fourth-order valence-corrected chi connectivity index (χ4v) is 4.53. The van der Waals surface area contributed by atoms with Crippen LogP contribution in [0.4, 0.5) is 0 Å². The first kappa shape index (κ1) is 21.9. The Morgan fingerprint density at radius 3 is 2.70 bits per heavy atom. The Morgan fingerprint density at radius 2 is 2.04 bits per heavy atom. The Labute approximate surface area is 171 Å². The molecule has 0 bridgehead atoms. The predicted octanol–water partition coefficient (Wildman–Crippen LogP) is 2.02. The second-order valence-corrected chi connectivity index (χ2v) is 8.19. The number of hydrogen-bond donors (Lipinski definition) is 1. The number of piperazine rings is 1. The van der Waals surface area contributed by atoms with Crippen LogP contribution in [-0.4, -0.2) is 72.7 Å². The zero-order valence-corrected chi connectivity index (χ0v) is 17.5. The number of rotatable bonds is 5. The molecule has 1 aromatic rings. The van der Waals surface area contributed by atoms with E-state index < -0.39 is 0 Å². The molecule has 0 saturated carbocycles. The minimum absolute atomic E-state index is 0. The topological polar surface area (TPSA) is 61.9 Å². The van der Waals surface area contributed by atoms with Crippen LogP contribution in [0, 0.1) is 0 Å². The van der Waals surface area contributed by atoms with E-state index in [1.807, 2.05) is 41.0 Å².